The Bertz CT molecular complexity index is 743. The lowest BCUT2D eigenvalue weighted by molar-refractivity contribution is 0.553. The summed E-state index contributed by atoms with van der Waals surface area (Å²) in [6.07, 6.45) is 1.98. The summed E-state index contributed by atoms with van der Waals surface area (Å²) in [5, 5.41) is 6.15. The largest absolute Gasteiger partial charge is 0.396 e. The molecule has 0 aliphatic carbocycles. The van der Waals surface area contributed by atoms with Crippen LogP contribution in [0.25, 0.3) is 0 Å². The summed E-state index contributed by atoms with van der Waals surface area (Å²) in [6.45, 7) is 1.80. The lowest BCUT2D eigenvalue weighted by Crippen LogP contribution is -2.16. The van der Waals surface area contributed by atoms with Crippen LogP contribution >= 0.6 is 0 Å². The molecule has 0 aliphatic heterocycles. The standard InChI is InChI=1S/C11H12F2N4O2S/c1-2-6-5-15-16-11(6)17-20(18,19)10-4-9(14)7(12)3-8(10)13/h3-5H,2,14H2,1H3,(H2,15,16,17). The van der Waals surface area contributed by atoms with Crippen LogP contribution in [0.15, 0.2) is 23.2 Å². The van der Waals surface area contributed by atoms with E-state index in [4.69, 9.17) is 5.73 Å². The van der Waals surface area contributed by atoms with Gasteiger partial charge in [0.1, 0.15) is 22.3 Å². The first-order valence-electron chi connectivity index (χ1n) is 5.64. The lowest BCUT2D eigenvalue weighted by Gasteiger charge is -2.09. The van der Waals surface area contributed by atoms with Crippen LogP contribution in [-0.4, -0.2) is 18.6 Å². The number of aromatic amines is 1. The first-order valence-corrected chi connectivity index (χ1v) is 7.13. The van der Waals surface area contributed by atoms with E-state index < -0.39 is 32.2 Å². The summed E-state index contributed by atoms with van der Waals surface area (Å²) >= 11 is 0. The van der Waals surface area contributed by atoms with Gasteiger partial charge in [0, 0.05) is 11.6 Å². The van der Waals surface area contributed by atoms with E-state index in [1.807, 2.05) is 0 Å². The zero-order valence-electron chi connectivity index (χ0n) is 10.4. The van der Waals surface area contributed by atoms with E-state index in [1.54, 1.807) is 6.92 Å². The van der Waals surface area contributed by atoms with Gasteiger partial charge in [0.25, 0.3) is 10.0 Å². The molecule has 0 saturated heterocycles. The Kier molecular flexibility index (Phi) is 3.62. The van der Waals surface area contributed by atoms with E-state index in [0.29, 0.717) is 18.1 Å². The Hall–Kier alpha value is -2.16. The third kappa shape index (κ3) is 2.57. The summed E-state index contributed by atoms with van der Waals surface area (Å²) in [5.74, 6) is -2.10. The number of H-pyrrole nitrogens is 1. The molecule has 2 rings (SSSR count). The van der Waals surface area contributed by atoms with Gasteiger partial charge in [-0.3, -0.25) is 9.82 Å². The summed E-state index contributed by atoms with van der Waals surface area (Å²) in [6, 6.07) is 1.16. The molecule has 0 radical (unpaired) electrons. The molecule has 0 saturated carbocycles. The summed E-state index contributed by atoms with van der Waals surface area (Å²) in [7, 11) is -4.23. The number of nitrogen functional groups attached to an aromatic ring is 1. The van der Waals surface area contributed by atoms with Gasteiger partial charge in [0.15, 0.2) is 0 Å². The molecule has 20 heavy (non-hydrogen) atoms. The van der Waals surface area contributed by atoms with E-state index in [0.717, 1.165) is 6.07 Å². The van der Waals surface area contributed by atoms with Crippen molar-refractivity contribution in [2.24, 2.45) is 0 Å². The van der Waals surface area contributed by atoms with Crippen molar-refractivity contribution in [3.8, 4) is 0 Å². The van der Waals surface area contributed by atoms with Crippen LogP contribution in [0.2, 0.25) is 0 Å². The van der Waals surface area contributed by atoms with E-state index >= 15 is 0 Å². The molecule has 0 aliphatic rings. The number of anilines is 2. The predicted molar refractivity (Wildman–Crippen MR) is 69.5 cm³/mol. The molecule has 0 unspecified atom stereocenters. The summed E-state index contributed by atoms with van der Waals surface area (Å²) in [4.78, 5) is -0.729. The smallest absolute Gasteiger partial charge is 0.266 e. The van der Waals surface area contributed by atoms with Crippen LogP contribution in [0.3, 0.4) is 0 Å². The van der Waals surface area contributed by atoms with Crippen molar-refractivity contribution >= 4 is 21.5 Å². The molecule has 1 aromatic heterocycles. The molecule has 9 heteroatoms. The number of halogens is 2. The molecular weight excluding hydrogens is 290 g/mol. The van der Waals surface area contributed by atoms with Crippen LogP contribution < -0.4 is 10.5 Å². The molecular formula is C11H12F2N4O2S. The van der Waals surface area contributed by atoms with Gasteiger partial charge in [0.2, 0.25) is 0 Å². The monoisotopic (exact) mass is 302 g/mol. The number of hydrogen-bond donors (Lipinski definition) is 3. The van der Waals surface area contributed by atoms with Gasteiger partial charge in [-0.15, -0.1) is 0 Å². The number of sulfonamides is 1. The van der Waals surface area contributed by atoms with Crippen molar-refractivity contribution in [1.82, 2.24) is 10.2 Å². The van der Waals surface area contributed by atoms with Crippen LogP contribution in [0.1, 0.15) is 12.5 Å². The van der Waals surface area contributed by atoms with Gasteiger partial charge in [-0.1, -0.05) is 6.92 Å². The maximum Gasteiger partial charge on any atom is 0.266 e. The molecule has 0 fully saturated rings. The number of rotatable bonds is 4. The Morgan fingerprint density at radius 2 is 2.05 bits per heavy atom. The SMILES string of the molecule is CCc1cn[nH]c1NS(=O)(=O)c1cc(N)c(F)cc1F. The van der Waals surface area contributed by atoms with Crippen LogP contribution in [0.4, 0.5) is 20.3 Å². The van der Waals surface area contributed by atoms with Gasteiger partial charge in [-0.05, 0) is 12.5 Å². The molecule has 2 aromatic rings. The molecule has 6 nitrogen and oxygen atoms in total. The van der Waals surface area contributed by atoms with Crippen molar-refractivity contribution in [3.63, 3.8) is 0 Å². The minimum absolute atomic E-state index is 0.134. The molecule has 1 aromatic carbocycles. The van der Waals surface area contributed by atoms with Crippen molar-refractivity contribution < 1.29 is 17.2 Å². The van der Waals surface area contributed by atoms with Crippen molar-refractivity contribution in [3.05, 3.63) is 35.5 Å². The average molecular weight is 302 g/mol. The Morgan fingerprint density at radius 3 is 2.70 bits per heavy atom. The normalized spacial score (nSPS) is 11.6. The molecule has 4 N–H and O–H groups in total. The number of hydrogen-bond acceptors (Lipinski definition) is 4. The van der Waals surface area contributed by atoms with Crippen LogP contribution in [0.5, 0.6) is 0 Å². The molecule has 0 amide bonds. The number of nitrogens with two attached hydrogens (primary N) is 1. The van der Waals surface area contributed by atoms with Gasteiger partial charge >= 0.3 is 0 Å². The van der Waals surface area contributed by atoms with E-state index in [9.17, 15) is 17.2 Å². The second kappa shape index (κ2) is 5.08. The lowest BCUT2D eigenvalue weighted by atomic mass is 10.3. The van der Waals surface area contributed by atoms with E-state index in [1.165, 1.54) is 6.20 Å². The summed E-state index contributed by atoms with van der Waals surface area (Å²) < 4.78 is 53.0. The van der Waals surface area contributed by atoms with Gasteiger partial charge in [-0.25, -0.2) is 17.2 Å². The van der Waals surface area contributed by atoms with Crippen LogP contribution in [0, 0.1) is 11.6 Å². The van der Waals surface area contributed by atoms with Crippen LogP contribution in [-0.2, 0) is 16.4 Å². The Morgan fingerprint density at radius 1 is 1.35 bits per heavy atom. The number of nitrogens with one attached hydrogen (secondary N) is 2. The average Bonchev–Trinajstić information content (AvgIpc) is 2.80. The molecule has 0 atom stereocenters. The highest BCUT2D eigenvalue weighted by atomic mass is 32.2. The highest BCUT2D eigenvalue weighted by molar-refractivity contribution is 7.92. The first kappa shape index (κ1) is 14.3. The molecule has 0 spiro atoms. The third-order valence-electron chi connectivity index (χ3n) is 2.68. The number of aryl methyl sites for hydroxylation is 1. The van der Waals surface area contributed by atoms with Gasteiger partial charge < -0.3 is 5.73 Å². The van der Waals surface area contributed by atoms with Crippen molar-refractivity contribution in [2.45, 2.75) is 18.2 Å². The number of aromatic nitrogens is 2. The number of nitrogens with zero attached hydrogens (tertiary/aromatic N) is 1. The fraction of sp³-hybridized carbons (Fsp3) is 0.182. The van der Waals surface area contributed by atoms with Crippen molar-refractivity contribution in [2.75, 3.05) is 10.5 Å². The third-order valence-corrected chi connectivity index (χ3v) is 4.04. The van der Waals surface area contributed by atoms with Gasteiger partial charge in [0.05, 0.1) is 11.9 Å². The maximum atomic E-state index is 13.6. The van der Waals surface area contributed by atoms with E-state index in [-0.39, 0.29) is 5.82 Å². The predicted octanol–water partition coefficient (Wildman–Crippen LogP) is 1.63. The molecule has 1 heterocycles. The zero-order chi connectivity index (χ0) is 14.9. The highest BCUT2D eigenvalue weighted by Gasteiger charge is 2.22. The molecule has 108 valence electrons. The zero-order valence-corrected chi connectivity index (χ0v) is 11.3. The van der Waals surface area contributed by atoms with Gasteiger partial charge in [-0.2, -0.15) is 5.10 Å². The first-order chi connectivity index (χ1) is 9.35. The fourth-order valence-corrected chi connectivity index (χ4v) is 2.76. The van der Waals surface area contributed by atoms with E-state index in [2.05, 4.69) is 14.9 Å². The minimum atomic E-state index is -4.23. The minimum Gasteiger partial charge on any atom is -0.396 e. The fourth-order valence-electron chi connectivity index (χ4n) is 1.61. The summed E-state index contributed by atoms with van der Waals surface area (Å²) in [5.41, 5.74) is 5.42. The van der Waals surface area contributed by atoms with Crippen molar-refractivity contribution in [1.29, 1.82) is 0 Å². The quantitative estimate of drug-likeness (QED) is 0.747. The topological polar surface area (TPSA) is 101 Å². The molecule has 0 bridgehead atoms. The second-order valence-electron chi connectivity index (χ2n) is 4.03. The number of benzene rings is 1. The Balaban J connectivity index is 2.43. The Labute approximate surface area is 114 Å². The second-order valence-corrected chi connectivity index (χ2v) is 5.68. The highest BCUT2D eigenvalue weighted by Crippen LogP contribution is 2.23. The maximum absolute atomic E-state index is 13.6.